The minimum atomic E-state index is -1.08. The average Bonchev–Trinajstić information content (AvgIpc) is 2.82. The number of hydrogen-bond donors (Lipinski definition) is 0. The standard InChI is InChI=1S/C17H29NO3S/c1-6-21-17(19)15-10-11-18(22(5)20)16(15)12-14(4)9-7-8-13(2)3/h8,10,14,16H,6-7,9,11-12H2,1-5H3/t14-,16+,22?/m0/s1. The quantitative estimate of drug-likeness (QED) is 0.390. The smallest absolute Gasteiger partial charge is 0.335 e. The van der Waals surface area contributed by atoms with Gasteiger partial charge >= 0.3 is 5.97 Å². The second-order valence-corrected chi connectivity index (χ2v) is 7.44. The summed E-state index contributed by atoms with van der Waals surface area (Å²) in [5.74, 6) is 0.194. The van der Waals surface area contributed by atoms with Crippen LogP contribution in [-0.2, 0) is 20.9 Å². The van der Waals surface area contributed by atoms with E-state index in [1.54, 1.807) is 13.2 Å². The first kappa shape index (κ1) is 19.3. The molecule has 1 rings (SSSR count). The van der Waals surface area contributed by atoms with Crippen molar-refractivity contribution in [1.29, 1.82) is 0 Å². The summed E-state index contributed by atoms with van der Waals surface area (Å²) in [6, 6.07) is -0.0911. The van der Waals surface area contributed by atoms with E-state index in [9.17, 15) is 9.35 Å². The van der Waals surface area contributed by atoms with Gasteiger partial charge in [-0.15, -0.1) is 4.31 Å². The number of rotatable bonds is 8. The van der Waals surface area contributed by atoms with Gasteiger partial charge in [0.15, 0.2) is 0 Å². The highest BCUT2D eigenvalue weighted by Gasteiger charge is 2.38. The molecule has 1 heterocycles. The molecule has 0 radical (unpaired) electrons. The number of nitrogens with zero attached hydrogens (tertiary/aromatic N) is 1. The highest BCUT2D eigenvalue weighted by molar-refractivity contribution is 7.88. The molecule has 0 aromatic heterocycles. The molecule has 0 aromatic rings. The molecule has 0 spiro atoms. The monoisotopic (exact) mass is 327 g/mol. The van der Waals surface area contributed by atoms with Crippen molar-refractivity contribution in [2.45, 2.75) is 53.0 Å². The molecule has 0 aliphatic carbocycles. The lowest BCUT2D eigenvalue weighted by atomic mass is 9.93. The summed E-state index contributed by atoms with van der Waals surface area (Å²) in [5.41, 5.74) is 2.00. The zero-order valence-corrected chi connectivity index (χ0v) is 15.2. The molecule has 4 nitrogen and oxygen atoms in total. The molecule has 0 N–H and O–H groups in total. The van der Waals surface area contributed by atoms with Gasteiger partial charge in [0.2, 0.25) is 0 Å². The second-order valence-electron chi connectivity index (χ2n) is 6.12. The average molecular weight is 327 g/mol. The van der Waals surface area contributed by atoms with Crippen LogP contribution in [0.2, 0.25) is 0 Å². The Morgan fingerprint density at radius 1 is 1.59 bits per heavy atom. The van der Waals surface area contributed by atoms with Crippen LogP contribution in [-0.4, -0.2) is 40.3 Å². The van der Waals surface area contributed by atoms with Gasteiger partial charge in [0.1, 0.15) is 6.26 Å². The Bertz CT molecular complexity index is 428. The number of ether oxygens (including phenoxy) is 1. The van der Waals surface area contributed by atoms with Crippen molar-refractivity contribution in [3.63, 3.8) is 0 Å². The van der Waals surface area contributed by atoms with Crippen LogP contribution in [0.1, 0.15) is 47.0 Å². The fourth-order valence-corrected chi connectivity index (χ4v) is 3.57. The van der Waals surface area contributed by atoms with E-state index in [2.05, 4.69) is 26.8 Å². The van der Waals surface area contributed by atoms with Crippen LogP contribution in [0.15, 0.2) is 23.3 Å². The first-order chi connectivity index (χ1) is 10.4. The van der Waals surface area contributed by atoms with Crippen LogP contribution >= 0.6 is 0 Å². The summed E-state index contributed by atoms with van der Waals surface area (Å²) in [5, 5.41) is 0. The van der Waals surface area contributed by atoms with Crippen LogP contribution in [0.25, 0.3) is 0 Å². The predicted octanol–water partition coefficient (Wildman–Crippen LogP) is 3.23. The highest BCUT2D eigenvalue weighted by Crippen LogP contribution is 2.29. The summed E-state index contributed by atoms with van der Waals surface area (Å²) in [6.07, 6.45) is 8.73. The molecule has 1 unspecified atom stereocenters. The molecule has 0 aromatic carbocycles. The van der Waals surface area contributed by atoms with Crippen LogP contribution < -0.4 is 0 Å². The van der Waals surface area contributed by atoms with Crippen molar-refractivity contribution in [3.8, 4) is 0 Å². The fourth-order valence-electron chi connectivity index (χ4n) is 2.72. The van der Waals surface area contributed by atoms with Crippen molar-refractivity contribution in [3.05, 3.63) is 23.3 Å². The van der Waals surface area contributed by atoms with Crippen LogP contribution in [0, 0.1) is 5.92 Å². The molecule has 1 aliphatic heterocycles. The third kappa shape index (κ3) is 5.78. The molecule has 126 valence electrons. The summed E-state index contributed by atoms with van der Waals surface area (Å²) in [7, 11) is 0. The van der Waals surface area contributed by atoms with E-state index < -0.39 is 11.4 Å². The van der Waals surface area contributed by atoms with Gasteiger partial charge in [0.25, 0.3) is 0 Å². The summed E-state index contributed by atoms with van der Waals surface area (Å²) < 4.78 is 18.9. The Balaban J connectivity index is 2.69. The van der Waals surface area contributed by atoms with E-state index in [-0.39, 0.29) is 12.0 Å². The maximum atomic E-state index is 12.1. The highest BCUT2D eigenvalue weighted by atomic mass is 32.2. The van der Waals surface area contributed by atoms with E-state index in [1.807, 2.05) is 10.4 Å². The molecule has 0 amide bonds. The molecular formula is C17H29NO3S. The molecule has 22 heavy (non-hydrogen) atoms. The minimum absolute atomic E-state index is 0.0911. The molecular weight excluding hydrogens is 298 g/mol. The number of carbonyl (C=O) groups is 1. The van der Waals surface area contributed by atoms with Gasteiger partial charge in [-0.25, -0.2) is 4.79 Å². The summed E-state index contributed by atoms with van der Waals surface area (Å²) in [4.78, 5) is 12.1. The van der Waals surface area contributed by atoms with E-state index >= 15 is 0 Å². The van der Waals surface area contributed by atoms with Crippen LogP contribution in [0.4, 0.5) is 0 Å². The van der Waals surface area contributed by atoms with Crippen molar-refractivity contribution in [2.24, 2.45) is 5.92 Å². The van der Waals surface area contributed by atoms with Crippen molar-refractivity contribution in [1.82, 2.24) is 4.31 Å². The lowest BCUT2D eigenvalue weighted by Crippen LogP contribution is -2.39. The van der Waals surface area contributed by atoms with E-state index in [1.165, 1.54) is 5.57 Å². The third-order valence-corrected chi connectivity index (χ3v) is 4.94. The Hall–Kier alpha value is -0.780. The SMILES string of the molecule is CCOC(=O)C1=CCN([S+](C)[O-])[C@@H]1C[C@@H](C)CCC=C(C)C. The first-order valence-electron chi connectivity index (χ1n) is 7.97. The Kier molecular flexibility index (Phi) is 8.21. The molecule has 3 atom stereocenters. The maximum absolute atomic E-state index is 12.1. The van der Waals surface area contributed by atoms with Crippen molar-refractivity contribution >= 4 is 17.3 Å². The van der Waals surface area contributed by atoms with Gasteiger partial charge in [0.05, 0.1) is 24.8 Å². The predicted molar refractivity (Wildman–Crippen MR) is 91.7 cm³/mol. The molecule has 0 fully saturated rings. The van der Waals surface area contributed by atoms with Gasteiger partial charge in [-0.1, -0.05) is 24.6 Å². The van der Waals surface area contributed by atoms with Crippen molar-refractivity contribution < 1.29 is 14.1 Å². The first-order valence-corrected chi connectivity index (χ1v) is 9.49. The Labute approximate surface area is 137 Å². The lowest BCUT2D eigenvalue weighted by Gasteiger charge is -2.27. The molecule has 0 saturated carbocycles. The van der Waals surface area contributed by atoms with E-state index in [4.69, 9.17) is 4.74 Å². The zero-order valence-electron chi connectivity index (χ0n) is 14.4. The summed E-state index contributed by atoms with van der Waals surface area (Å²) in [6.45, 7) is 9.13. The number of allylic oxidation sites excluding steroid dienone is 2. The van der Waals surface area contributed by atoms with Crippen molar-refractivity contribution in [2.75, 3.05) is 19.4 Å². The molecule has 1 aliphatic rings. The largest absolute Gasteiger partial charge is 0.598 e. The van der Waals surface area contributed by atoms with Gasteiger partial charge < -0.3 is 9.29 Å². The van der Waals surface area contributed by atoms with Crippen LogP contribution in [0.5, 0.6) is 0 Å². The summed E-state index contributed by atoms with van der Waals surface area (Å²) >= 11 is -1.08. The topological polar surface area (TPSA) is 52.6 Å². The normalized spacial score (nSPS) is 21.2. The molecule has 5 heteroatoms. The Morgan fingerprint density at radius 2 is 2.27 bits per heavy atom. The van der Waals surface area contributed by atoms with Gasteiger partial charge in [-0.3, -0.25) is 0 Å². The number of hydrogen-bond acceptors (Lipinski definition) is 4. The zero-order chi connectivity index (χ0) is 16.7. The van der Waals surface area contributed by atoms with Gasteiger partial charge in [0, 0.05) is 11.4 Å². The molecule has 0 bridgehead atoms. The third-order valence-electron chi connectivity index (χ3n) is 3.88. The van der Waals surface area contributed by atoms with E-state index in [0.717, 1.165) is 19.3 Å². The maximum Gasteiger partial charge on any atom is 0.335 e. The lowest BCUT2D eigenvalue weighted by molar-refractivity contribution is -0.138. The fraction of sp³-hybridized carbons (Fsp3) is 0.706. The minimum Gasteiger partial charge on any atom is -0.598 e. The van der Waals surface area contributed by atoms with Gasteiger partial charge in [-0.05, 0) is 46.0 Å². The van der Waals surface area contributed by atoms with Gasteiger partial charge in [-0.2, -0.15) is 0 Å². The number of esters is 1. The van der Waals surface area contributed by atoms with Crippen LogP contribution in [0.3, 0.4) is 0 Å². The second kappa shape index (κ2) is 9.38. The Morgan fingerprint density at radius 3 is 2.82 bits per heavy atom. The van der Waals surface area contributed by atoms with E-state index in [0.29, 0.717) is 24.6 Å². The number of carbonyl (C=O) groups excluding carboxylic acids is 1. The molecule has 0 saturated heterocycles.